The van der Waals surface area contributed by atoms with Gasteiger partial charge in [0.05, 0.1) is 19.4 Å². The van der Waals surface area contributed by atoms with Crippen molar-refractivity contribution in [2.75, 3.05) is 19.0 Å². The molecule has 1 aliphatic rings. The zero-order valence-corrected chi connectivity index (χ0v) is 12.0. The van der Waals surface area contributed by atoms with Gasteiger partial charge in [-0.1, -0.05) is 12.8 Å². The SMILES string of the molecule is COC(=O)C1CCCCC1CNc1ncnc2nc[nH]c12. The number of imidazole rings is 1. The second kappa shape index (κ2) is 6.07. The largest absolute Gasteiger partial charge is 0.469 e. The van der Waals surface area contributed by atoms with Gasteiger partial charge in [0.25, 0.3) is 0 Å². The lowest BCUT2D eigenvalue weighted by atomic mass is 9.79. The smallest absolute Gasteiger partial charge is 0.309 e. The summed E-state index contributed by atoms with van der Waals surface area (Å²) >= 11 is 0. The van der Waals surface area contributed by atoms with E-state index in [2.05, 4.69) is 25.3 Å². The van der Waals surface area contributed by atoms with Crippen molar-refractivity contribution >= 4 is 23.0 Å². The van der Waals surface area contributed by atoms with Gasteiger partial charge in [0.15, 0.2) is 11.5 Å². The van der Waals surface area contributed by atoms with E-state index in [1.54, 1.807) is 6.33 Å². The van der Waals surface area contributed by atoms with Crippen molar-refractivity contribution in [2.45, 2.75) is 25.7 Å². The molecule has 21 heavy (non-hydrogen) atoms. The van der Waals surface area contributed by atoms with Gasteiger partial charge in [0.2, 0.25) is 0 Å². The first kappa shape index (κ1) is 13.8. The first-order chi connectivity index (χ1) is 10.3. The number of aromatic nitrogens is 4. The highest BCUT2D eigenvalue weighted by Crippen LogP contribution is 2.31. The molecule has 112 valence electrons. The van der Waals surface area contributed by atoms with Gasteiger partial charge in [-0.2, -0.15) is 0 Å². The van der Waals surface area contributed by atoms with Crippen LogP contribution in [0.25, 0.3) is 11.2 Å². The lowest BCUT2D eigenvalue weighted by Crippen LogP contribution is -2.32. The van der Waals surface area contributed by atoms with Gasteiger partial charge in [0, 0.05) is 6.54 Å². The van der Waals surface area contributed by atoms with E-state index in [9.17, 15) is 4.79 Å². The van der Waals surface area contributed by atoms with Crippen LogP contribution in [0.5, 0.6) is 0 Å². The molecule has 0 radical (unpaired) electrons. The first-order valence-electron chi connectivity index (χ1n) is 7.25. The van der Waals surface area contributed by atoms with Crippen molar-refractivity contribution < 1.29 is 9.53 Å². The summed E-state index contributed by atoms with van der Waals surface area (Å²) in [6.45, 7) is 0.699. The molecule has 7 nitrogen and oxygen atoms in total. The van der Waals surface area contributed by atoms with Crippen molar-refractivity contribution in [1.29, 1.82) is 0 Å². The van der Waals surface area contributed by atoms with E-state index in [1.807, 2.05) is 0 Å². The molecular weight excluding hydrogens is 270 g/mol. The molecule has 0 aromatic carbocycles. The van der Waals surface area contributed by atoms with E-state index in [0.29, 0.717) is 12.2 Å². The monoisotopic (exact) mass is 289 g/mol. The van der Waals surface area contributed by atoms with Crippen molar-refractivity contribution in [2.24, 2.45) is 11.8 Å². The number of anilines is 1. The number of rotatable bonds is 4. The molecule has 0 amide bonds. The molecule has 0 aliphatic heterocycles. The van der Waals surface area contributed by atoms with Crippen LogP contribution in [0.1, 0.15) is 25.7 Å². The van der Waals surface area contributed by atoms with Crippen LogP contribution in [0.2, 0.25) is 0 Å². The van der Waals surface area contributed by atoms with Gasteiger partial charge in [-0.3, -0.25) is 4.79 Å². The Morgan fingerprint density at radius 1 is 1.38 bits per heavy atom. The molecule has 0 saturated heterocycles. The Morgan fingerprint density at radius 2 is 2.24 bits per heavy atom. The van der Waals surface area contributed by atoms with E-state index in [0.717, 1.165) is 37.0 Å². The summed E-state index contributed by atoms with van der Waals surface area (Å²) in [6.07, 6.45) is 7.27. The predicted octanol–water partition coefficient (Wildman–Crippen LogP) is 1.74. The Hall–Kier alpha value is -2.18. The Kier molecular flexibility index (Phi) is 3.98. The maximum Gasteiger partial charge on any atom is 0.309 e. The zero-order valence-electron chi connectivity index (χ0n) is 12.0. The Balaban J connectivity index is 1.71. The standard InChI is InChI=1S/C14H19N5O2/c1-21-14(20)10-5-3-2-4-9(10)6-15-12-11-13(17-7-16-11)19-8-18-12/h7-10H,2-6H2,1H3,(H2,15,16,17,18,19). The lowest BCUT2D eigenvalue weighted by molar-refractivity contribution is -0.148. The summed E-state index contributed by atoms with van der Waals surface area (Å²) in [6, 6.07) is 0. The number of H-pyrrole nitrogens is 1. The van der Waals surface area contributed by atoms with Gasteiger partial charge >= 0.3 is 5.97 Å². The second-order valence-corrected chi connectivity index (χ2v) is 5.38. The molecule has 3 rings (SSSR count). The predicted molar refractivity (Wildman–Crippen MR) is 77.6 cm³/mol. The highest BCUT2D eigenvalue weighted by molar-refractivity contribution is 5.82. The Morgan fingerprint density at radius 3 is 3.10 bits per heavy atom. The van der Waals surface area contributed by atoms with Crippen LogP contribution in [0.4, 0.5) is 5.82 Å². The lowest BCUT2D eigenvalue weighted by Gasteiger charge is -2.29. The number of fused-ring (bicyclic) bond motifs is 1. The molecule has 2 heterocycles. The highest BCUT2D eigenvalue weighted by atomic mass is 16.5. The minimum absolute atomic E-state index is 0.0182. The van der Waals surface area contributed by atoms with Crippen molar-refractivity contribution in [3.8, 4) is 0 Å². The number of hydrogen-bond acceptors (Lipinski definition) is 6. The number of aromatic amines is 1. The average molecular weight is 289 g/mol. The van der Waals surface area contributed by atoms with Gasteiger partial charge in [0.1, 0.15) is 11.8 Å². The Labute approximate surface area is 122 Å². The number of methoxy groups -OCH3 is 1. The van der Waals surface area contributed by atoms with Crippen LogP contribution in [0.15, 0.2) is 12.7 Å². The molecule has 2 unspecified atom stereocenters. The normalized spacial score (nSPS) is 22.1. The minimum Gasteiger partial charge on any atom is -0.469 e. The molecule has 7 heteroatoms. The van der Waals surface area contributed by atoms with Gasteiger partial charge in [-0.25, -0.2) is 15.0 Å². The molecule has 2 atom stereocenters. The van der Waals surface area contributed by atoms with Crippen LogP contribution in [0.3, 0.4) is 0 Å². The average Bonchev–Trinajstić information content (AvgIpc) is 3.01. The summed E-state index contributed by atoms with van der Waals surface area (Å²) in [7, 11) is 1.46. The number of ether oxygens (including phenoxy) is 1. The first-order valence-corrected chi connectivity index (χ1v) is 7.25. The number of nitrogens with zero attached hydrogens (tertiary/aromatic N) is 3. The number of carbonyl (C=O) groups is 1. The fraction of sp³-hybridized carbons (Fsp3) is 0.571. The summed E-state index contributed by atoms with van der Waals surface area (Å²) in [5.41, 5.74) is 1.43. The third-order valence-electron chi connectivity index (χ3n) is 4.17. The van der Waals surface area contributed by atoms with Crippen molar-refractivity contribution in [3.63, 3.8) is 0 Å². The molecular formula is C14H19N5O2. The van der Waals surface area contributed by atoms with E-state index in [4.69, 9.17) is 4.74 Å². The highest BCUT2D eigenvalue weighted by Gasteiger charge is 2.31. The molecule has 1 aliphatic carbocycles. The van der Waals surface area contributed by atoms with Gasteiger partial charge < -0.3 is 15.0 Å². The van der Waals surface area contributed by atoms with E-state index < -0.39 is 0 Å². The third-order valence-corrected chi connectivity index (χ3v) is 4.17. The van der Waals surface area contributed by atoms with Crippen molar-refractivity contribution in [3.05, 3.63) is 12.7 Å². The molecule has 2 aromatic rings. The van der Waals surface area contributed by atoms with Crippen molar-refractivity contribution in [1.82, 2.24) is 19.9 Å². The van der Waals surface area contributed by atoms with Crippen LogP contribution >= 0.6 is 0 Å². The van der Waals surface area contributed by atoms with Crippen LogP contribution in [0, 0.1) is 11.8 Å². The Bertz CT molecular complexity index is 627. The fourth-order valence-corrected chi connectivity index (χ4v) is 3.04. The summed E-state index contributed by atoms with van der Waals surface area (Å²) in [4.78, 5) is 27.3. The second-order valence-electron chi connectivity index (χ2n) is 5.38. The minimum atomic E-state index is -0.101. The topological polar surface area (TPSA) is 92.8 Å². The quantitative estimate of drug-likeness (QED) is 0.833. The molecule has 2 N–H and O–H groups in total. The molecule has 1 saturated carbocycles. The molecule has 0 spiro atoms. The van der Waals surface area contributed by atoms with Crippen LogP contribution < -0.4 is 5.32 Å². The van der Waals surface area contributed by atoms with Crippen LogP contribution in [-0.4, -0.2) is 39.6 Å². The van der Waals surface area contributed by atoms with Crippen LogP contribution in [-0.2, 0) is 9.53 Å². The summed E-state index contributed by atoms with van der Waals surface area (Å²) in [5, 5.41) is 3.32. The number of nitrogens with one attached hydrogen (secondary N) is 2. The summed E-state index contributed by atoms with van der Waals surface area (Å²) < 4.78 is 4.92. The van der Waals surface area contributed by atoms with Gasteiger partial charge in [-0.05, 0) is 18.8 Å². The molecule has 2 aromatic heterocycles. The van der Waals surface area contributed by atoms with E-state index >= 15 is 0 Å². The summed E-state index contributed by atoms with van der Waals surface area (Å²) in [5.74, 6) is 0.886. The molecule has 1 fully saturated rings. The maximum absolute atomic E-state index is 11.9. The van der Waals surface area contributed by atoms with E-state index in [-0.39, 0.29) is 17.8 Å². The fourth-order valence-electron chi connectivity index (χ4n) is 3.04. The maximum atomic E-state index is 11.9. The zero-order chi connectivity index (χ0) is 14.7. The number of esters is 1. The third kappa shape index (κ3) is 2.81. The number of carbonyl (C=O) groups excluding carboxylic acids is 1. The molecule has 0 bridgehead atoms. The van der Waals surface area contributed by atoms with E-state index in [1.165, 1.54) is 13.4 Å². The van der Waals surface area contributed by atoms with Gasteiger partial charge in [-0.15, -0.1) is 0 Å². The number of hydrogen-bond donors (Lipinski definition) is 2.